The zero-order valence-electron chi connectivity index (χ0n) is 14.6. The van der Waals surface area contributed by atoms with Gasteiger partial charge in [-0.05, 0) is 23.1 Å². The second-order valence-corrected chi connectivity index (χ2v) is 6.02. The maximum Gasteiger partial charge on any atom is 0.184 e. The van der Waals surface area contributed by atoms with E-state index in [-0.39, 0.29) is 6.29 Å². The maximum absolute atomic E-state index is 6.09. The van der Waals surface area contributed by atoms with E-state index in [9.17, 15) is 0 Å². The van der Waals surface area contributed by atoms with Crippen LogP contribution in [0.15, 0.2) is 84.9 Å². The summed E-state index contributed by atoms with van der Waals surface area (Å²) in [7, 11) is 0. The Morgan fingerprint density at radius 2 is 1.08 bits per heavy atom. The van der Waals surface area contributed by atoms with Gasteiger partial charge in [-0.3, -0.25) is 0 Å². The maximum atomic E-state index is 6.09. The number of rotatable bonds is 8. The van der Waals surface area contributed by atoms with Gasteiger partial charge in [0, 0.05) is 5.56 Å². The number of hydrogen-bond donors (Lipinski definition) is 0. The van der Waals surface area contributed by atoms with E-state index in [4.69, 9.17) is 9.47 Å². The van der Waals surface area contributed by atoms with Gasteiger partial charge in [0.05, 0.1) is 13.2 Å². The number of benzene rings is 3. The molecule has 0 radical (unpaired) electrons. The first-order chi connectivity index (χ1) is 12.3. The summed E-state index contributed by atoms with van der Waals surface area (Å²) in [6, 6.07) is 28.8. The zero-order chi connectivity index (χ0) is 17.3. The van der Waals surface area contributed by atoms with Crippen LogP contribution in [0.5, 0.6) is 0 Å². The third kappa shape index (κ3) is 5.28. The summed E-state index contributed by atoms with van der Waals surface area (Å²) < 4.78 is 12.2. The van der Waals surface area contributed by atoms with Crippen LogP contribution in [0.3, 0.4) is 0 Å². The lowest BCUT2D eigenvalue weighted by Gasteiger charge is -2.19. The molecule has 0 atom stereocenters. The molecule has 0 unspecified atom stereocenters. The van der Waals surface area contributed by atoms with Crippen molar-refractivity contribution < 1.29 is 9.47 Å². The molecule has 0 N–H and O–H groups in total. The Hall–Kier alpha value is -2.42. The molecule has 0 heterocycles. The van der Waals surface area contributed by atoms with Crippen molar-refractivity contribution in [1.29, 1.82) is 0 Å². The lowest BCUT2D eigenvalue weighted by Crippen LogP contribution is -2.09. The van der Waals surface area contributed by atoms with E-state index in [0.717, 1.165) is 23.1 Å². The van der Waals surface area contributed by atoms with Crippen LogP contribution in [0, 0.1) is 0 Å². The Morgan fingerprint density at radius 3 is 1.52 bits per heavy atom. The van der Waals surface area contributed by atoms with Gasteiger partial charge in [-0.15, -0.1) is 0 Å². The molecule has 0 aliphatic heterocycles. The van der Waals surface area contributed by atoms with E-state index >= 15 is 0 Å². The third-order valence-electron chi connectivity index (χ3n) is 4.15. The molecule has 0 saturated carbocycles. The summed E-state index contributed by atoms with van der Waals surface area (Å²) in [5.41, 5.74) is 4.64. The van der Waals surface area contributed by atoms with E-state index < -0.39 is 0 Å². The summed E-state index contributed by atoms with van der Waals surface area (Å²) in [4.78, 5) is 0. The first-order valence-electron chi connectivity index (χ1n) is 8.75. The minimum Gasteiger partial charge on any atom is -0.344 e. The first-order valence-corrected chi connectivity index (χ1v) is 8.75. The van der Waals surface area contributed by atoms with Crippen molar-refractivity contribution >= 4 is 0 Å². The molecule has 0 aliphatic rings. The molecule has 25 heavy (non-hydrogen) atoms. The van der Waals surface area contributed by atoms with Crippen LogP contribution in [-0.4, -0.2) is 0 Å². The predicted molar refractivity (Wildman–Crippen MR) is 101 cm³/mol. The van der Waals surface area contributed by atoms with Gasteiger partial charge in [0.15, 0.2) is 6.29 Å². The average Bonchev–Trinajstić information content (AvgIpc) is 2.70. The molecule has 0 aliphatic carbocycles. The van der Waals surface area contributed by atoms with Crippen LogP contribution in [0.25, 0.3) is 0 Å². The summed E-state index contributed by atoms with van der Waals surface area (Å²) in [5.74, 6) is 0. The molecular weight excluding hydrogens is 308 g/mol. The molecule has 2 heteroatoms. The Kier molecular flexibility index (Phi) is 6.38. The third-order valence-corrected chi connectivity index (χ3v) is 4.15. The highest BCUT2D eigenvalue weighted by atomic mass is 16.7. The molecule has 0 saturated heterocycles. The van der Waals surface area contributed by atoms with Gasteiger partial charge >= 0.3 is 0 Å². The second kappa shape index (κ2) is 9.16. The van der Waals surface area contributed by atoms with Gasteiger partial charge in [0.1, 0.15) is 0 Å². The molecule has 0 bridgehead atoms. The van der Waals surface area contributed by atoms with Crippen LogP contribution in [0.1, 0.15) is 35.5 Å². The van der Waals surface area contributed by atoms with Crippen molar-refractivity contribution in [2.45, 2.75) is 32.8 Å². The molecule has 3 aromatic carbocycles. The topological polar surface area (TPSA) is 18.5 Å². The Labute approximate surface area is 150 Å². The standard InChI is InChI=1S/C23H24O2/c1-2-19-13-15-22(16-14-19)23(24-17-20-9-5-3-6-10-20)25-18-21-11-7-4-8-12-21/h3-16,23H,2,17-18H2,1H3. The molecule has 0 amide bonds. The molecule has 0 fully saturated rings. The zero-order valence-corrected chi connectivity index (χ0v) is 14.6. The van der Waals surface area contributed by atoms with Crippen molar-refractivity contribution in [3.05, 3.63) is 107 Å². The van der Waals surface area contributed by atoms with Crippen LogP contribution < -0.4 is 0 Å². The average molecular weight is 332 g/mol. The quantitative estimate of drug-likeness (QED) is 0.494. The monoisotopic (exact) mass is 332 g/mol. The van der Waals surface area contributed by atoms with E-state index in [1.165, 1.54) is 5.56 Å². The fourth-order valence-corrected chi connectivity index (χ4v) is 2.64. The number of aryl methyl sites for hydroxylation is 1. The van der Waals surface area contributed by atoms with Gasteiger partial charge in [-0.2, -0.15) is 0 Å². The fourth-order valence-electron chi connectivity index (χ4n) is 2.64. The second-order valence-electron chi connectivity index (χ2n) is 6.02. The van der Waals surface area contributed by atoms with Crippen molar-refractivity contribution in [3.8, 4) is 0 Å². The van der Waals surface area contributed by atoms with E-state index in [0.29, 0.717) is 13.2 Å². The molecule has 128 valence electrons. The van der Waals surface area contributed by atoms with Crippen LogP contribution in [0.4, 0.5) is 0 Å². The van der Waals surface area contributed by atoms with E-state index in [1.54, 1.807) is 0 Å². The van der Waals surface area contributed by atoms with E-state index in [1.807, 2.05) is 36.4 Å². The first kappa shape index (κ1) is 17.4. The Balaban J connectivity index is 1.70. The SMILES string of the molecule is CCc1ccc(C(OCc2ccccc2)OCc2ccccc2)cc1. The van der Waals surface area contributed by atoms with Crippen molar-refractivity contribution in [2.24, 2.45) is 0 Å². The molecular formula is C23H24O2. The van der Waals surface area contributed by atoms with Gasteiger partial charge in [-0.25, -0.2) is 0 Å². The van der Waals surface area contributed by atoms with Crippen LogP contribution in [0.2, 0.25) is 0 Å². The van der Waals surface area contributed by atoms with Gasteiger partial charge in [-0.1, -0.05) is 91.9 Å². The smallest absolute Gasteiger partial charge is 0.184 e. The predicted octanol–water partition coefficient (Wildman–Crippen LogP) is 5.68. The van der Waals surface area contributed by atoms with Gasteiger partial charge in [0.2, 0.25) is 0 Å². The van der Waals surface area contributed by atoms with Crippen molar-refractivity contribution in [2.75, 3.05) is 0 Å². The normalized spacial score (nSPS) is 11.0. The Morgan fingerprint density at radius 1 is 0.600 bits per heavy atom. The molecule has 3 aromatic rings. The highest BCUT2D eigenvalue weighted by molar-refractivity contribution is 5.24. The van der Waals surface area contributed by atoms with Gasteiger partial charge < -0.3 is 9.47 Å². The van der Waals surface area contributed by atoms with Gasteiger partial charge in [0.25, 0.3) is 0 Å². The minimum absolute atomic E-state index is 0.383. The molecule has 0 aromatic heterocycles. The van der Waals surface area contributed by atoms with E-state index in [2.05, 4.69) is 55.5 Å². The molecule has 2 nitrogen and oxygen atoms in total. The summed E-state index contributed by atoms with van der Waals surface area (Å²) in [5, 5.41) is 0. The fraction of sp³-hybridized carbons (Fsp3) is 0.217. The Bertz CT molecular complexity index is 693. The van der Waals surface area contributed by atoms with Crippen LogP contribution in [-0.2, 0) is 29.1 Å². The lowest BCUT2D eigenvalue weighted by molar-refractivity contribution is -0.161. The van der Waals surface area contributed by atoms with Crippen LogP contribution >= 0.6 is 0 Å². The molecule has 0 spiro atoms. The highest BCUT2D eigenvalue weighted by Crippen LogP contribution is 2.23. The summed E-state index contributed by atoms with van der Waals surface area (Å²) >= 11 is 0. The largest absolute Gasteiger partial charge is 0.344 e. The minimum atomic E-state index is -0.383. The number of ether oxygens (including phenoxy) is 2. The molecule has 3 rings (SSSR count). The van der Waals surface area contributed by atoms with Crippen molar-refractivity contribution in [3.63, 3.8) is 0 Å². The number of hydrogen-bond acceptors (Lipinski definition) is 2. The summed E-state index contributed by atoms with van der Waals surface area (Å²) in [6.07, 6.45) is 0.645. The lowest BCUT2D eigenvalue weighted by atomic mass is 10.1. The summed E-state index contributed by atoms with van der Waals surface area (Å²) in [6.45, 7) is 3.20. The highest BCUT2D eigenvalue weighted by Gasteiger charge is 2.13. The van der Waals surface area contributed by atoms with Crippen molar-refractivity contribution in [1.82, 2.24) is 0 Å².